The molecule has 2 heterocycles. The number of benzene rings is 3. The summed E-state index contributed by atoms with van der Waals surface area (Å²) in [5.41, 5.74) is 5.10. The summed E-state index contributed by atoms with van der Waals surface area (Å²) >= 11 is 1.27. The van der Waals surface area contributed by atoms with E-state index in [1.54, 1.807) is 19.2 Å². The van der Waals surface area contributed by atoms with Gasteiger partial charge in [-0.2, -0.15) is 0 Å². The minimum Gasteiger partial charge on any atom is -0.497 e. The van der Waals surface area contributed by atoms with Crippen LogP contribution in [0.3, 0.4) is 0 Å². The van der Waals surface area contributed by atoms with Crippen LogP contribution in [-0.4, -0.2) is 37.9 Å². The number of fused-ring (bicyclic) bond motifs is 3. The highest BCUT2D eigenvalue weighted by atomic mass is 32.2. The van der Waals surface area contributed by atoms with Crippen molar-refractivity contribution >= 4 is 40.0 Å². The van der Waals surface area contributed by atoms with Crippen molar-refractivity contribution in [3.63, 3.8) is 0 Å². The molecule has 5 rings (SSSR count). The average molecular weight is 500 g/mol. The number of thioether (sulfide) groups is 1. The normalized spacial score (nSPS) is 11.2. The lowest BCUT2D eigenvalue weighted by Crippen LogP contribution is -2.22. The number of carbonyl (C=O) groups is 1. The molecule has 5 aromatic rings. The number of rotatable bonds is 6. The molecule has 0 aliphatic heterocycles. The molecule has 182 valence electrons. The van der Waals surface area contributed by atoms with Crippen molar-refractivity contribution in [2.24, 2.45) is 0 Å². The number of ether oxygens (including phenoxy) is 1. The monoisotopic (exact) mass is 499 g/mol. The SMILES string of the molecule is COc1cccc(-n2c(=O)c3ccccc3n3c(SCC(=O)Nc4c(C)cc(C)cc4C)nnc23)c1. The van der Waals surface area contributed by atoms with Gasteiger partial charge in [-0.1, -0.05) is 47.7 Å². The van der Waals surface area contributed by atoms with Crippen LogP contribution in [-0.2, 0) is 4.79 Å². The van der Waals surface area contributed by atoms with Gasteiger partial charge in [0.1, 0.15) is 5.75 Å². The van der Waals surface area contributed by atoms with Crippen LogP contribution >= 0.6 is 11.8 Å². The summed E-state index contributed by atoms with van der Waals surface area (Å²) in [6.45, 7) is 6.00. The molecule has 8 nitrogen and oxygen atoms in total. The summed E-state index contributed by atoms with van der Waals surface area (Å²) in [4.78, 5) is 26.3. The maximum Gasteiger partial charge on any atom is 0.267 e. The van der Waals surface area contributed by atoms with Gasteiger partial charge in [-0.3, -0.25) is 14.0 Å². The fourth-order valence-electron chi connectivity index (χ4n) is 4.44. The Morgan fingerprint density at radius 1 is 1.00 bits per heavy atom. The third kappa shape index (κ3) is 4.22. The Kier molecular flexibility index (Phi) is 6.24. The highest BCUT2D eigenvalue weighted by Gasteiger charge is 2.19. The van der Waals surface area contributed by atoms with E-state index in [1.807, 2.05) is 73.7 Å². The first kappa shape index (κ1) is 23.6. The first-order valence-electron chi connectivity index (χ1n) is 11.4. The topological polar surface area (TPSA) is 90.5 Å². The second-order valence-electron chi connectivity index (χ2n) is 8.59. The molecule has 0 radical (unpaired) electrons. The Morgan fingerprint density at radius 3 is 2.50 bits per heavy atom. The van der Waals surface area contributed by atoms with Gasteiger partial charge in [0.15, 0.2) is 5.16 Å². The van der Waals surface area contributed by atoms with Crippen molar-refractivity contribution in [2.45, 2.75) is 25.9 Å². The van der Waals surface area contributed by atoms with Crippen LogP contribution in [0.15, 0.2) is 70.6 Å². The molecular formula is C27H25N5O3S. The quantitative estimate of drug-likeness (QED) is 0.341. The molecule has 1 N–H and O–H groups in total. The van der Waals surface area contributed by atoms with Gasteiger partial charge < -0.3 is 10.1 Å². The highest BCUT2D eigenvalue weighted by Crippen LogP contribution is 2.26. The van der Waals surface area contributed by atoms with Gasteiger partial charge in [0.25, 0.3) is 5.56 Å². The molecule has 0 saturated carbocycles. The van der Waals surface area contributed by atoms with Gasteiger partial charge in [-0.15, -0.1) is 10.2 Å². The zero-order valence-corrected chi connectivity index (χ0v) is 21.2. The maximum absolute atomic E-state index is 13.5. The number of methoxy groups -OCH3 is 1. The summed E-state index contributed by atoms with van der Waals surface area (Å²) in [5, 5.41) is 12.8. The zero-order valence-electron chi connectivity index (χ0n) is 20.4. The van der Waals surface area contributed by atoms with E-state index in [9.17, 15) is 9.59 Å². The number of aryl methyl sites for hydroxylation is 3. The smallest absolute Gasteiger partial charge is 0.267 e. The van der Waals surface area contributed by atoms with E-state index in [2.05, 4.69) is 15.5 Å². The lowest BCUT2D eigenvalue weighted by molar-refractivity contribution is -0.113. The Hall–Kier alpha value is -4.11. The van der Waals surface area contributed by atoms with E-state index in [1.165, 1.54) is 16.3 Å². The van der Waals surface area contributed by atoms with Gasteiger partial charge in [0, 0.05) is 11.8 Å². The molecule has 9 heteroatoms. The molecule has 0 aliphatic rings. The summed E-state index contributed by atoms with van der Waals surface area (Å²) < 4.78 is 8.68. The van der Waals surface area contributed by atoms with Crippen LogP contribution in [0.25, 0.3) is 22.4 Å². The van der Waals surface area contributed by atoms with Gasteiger partial charge in [0.2, 0.25) is 11.7 Å². The predicted molar refractivity (Wildman–Crippen MR) is 143 cm³/mol. The lowest BCUT2D eigenvalue weighted by Gasteiger charge is -2.13. The molecule has 0 atom stereocenters. The van der Waals surface area contributed by atoms with Crippen molar-refractivity contribution in [1.82, 2.24) is 19.2 Å². The van der Waals surface area contributed by atoms with Crippen molar-refractivity contribution in [3.8, 4) is 11.4 Å². The number of hydrogen-bond donors (Lipinski definition) is 1. The average Bonchev–Trinajstić information content (AvgIpc) is 3.29. The van der Waals surface area contributed by atoms with Gasteiger partial charge >= 0.3 is 0 Å². The standard InChI is InChI=1S/C27H25N5O3S/c1-16-12-17(2)24(18(3)13-16)28-23(33)15-36-27-30-29-26-31(19-8-7-9-20(14-19)35-4)25(34)21-10-5-6-11-22(21)32(26)27/h5-14H,15H2,1-4H3,(H,28,33). The van der Waals surface area contributed by atoms with E-state index in [-0.39, 0.29) is 17.2 Å². The molecule has 0 spiro atoms. The van der Waals surface area contributed by atoms with Crippen molar-refractivity contribution < 1.29 is 9.53 Å². The second kappa shape index (κ2) is 9.50. The summed E-state index contributed by atoms with van der Waals surface area (Å²) in [5.74, 6) is 0.982. The van der Waals surface area contributed by atoms with Crippen molar-refractivity contribution in [2.75, 3.05) is 18.2 Å². The predicted octanol–water partition coefficient (Wildman–Crippen LogP) is 4.70. The summed E-state index contributed by atoms with van der Waals surface area (Å²) in [6, 6.07) is 18.6. The van der Waals surface area contributed by atoms with Gasteiger partial charge in [-0.25, -0.2) is 4.57 Å². The van der Waals surface area contributed by atoms with Crippen molar-refractivity contribution in [1.29, 1.82) is 0 Å². The minimum atomic E-state index is -0.210. The third-order valence-corrected chi connectivity index (χ3v) is 6.91. The zero-order chi connectivity index (χ0) is 25.4. The largest absolute Gasteiger partial charge is 0.497 e. The molecule has 36 heavy (non-hydrogen) atoms. The van der Waals surface area contributed by atoms with E-state index in [4.69, 9.17) is 4.74 Å². The van der Waals surface area contributed by atoms with Crippen LogP contribution in [0.1, 0.15) is 16.7 Å². The van der Waals surface area contributed by atoms with Gasteiger partial charge in [0.05, 0.1) is 29.5 Å². The molecular weight excluding hydrogens is 474 g/mol. The van der Waals surface area contributed by atoms with Crippen LogP contribution in [0.5, 0.6) is 5.75 Å². The number of carbonyl (C=O) groups excluding carboxylic acids is 1. The number of para-hydroxylation sites is 1. The Morgan fingerprint density at radius 2 is 1.75 bits per heavy atom. The summed E-state index contributed by atoms with van der Waals surface area (Å²) in [7, 11) is 1.58. The fourth-order valence-corrected chi connectivity index (χ4v) is 5.18. The van der Waals surface area contributed by atoms with E-state index >= 15 is 0 Å². The van der Waals surface area contributed by atoms with Gasteiger partial charge in [-0.05, 0) is 56.2 Å². The van der Waals surface area contributed by atoms with Crippen LogP contribution in [0, 0.1) is 20.8 Å². The molecule has 0 fully saturated rings. The first-order valence-corrected chi connectivity index (χ1v) is 12.4. The fraction of sp³-hybridized carbons (Fsp3) is 0.185. The number of aromatic nitrogens is 4. The number of nitrogens with zero attached hydrogens (tertiary/aromatic N) is 4. The molecule has 1 amide bonds. The van der Waals surface area contributed by atoms with E-state index < -0.39 is 0 Å². The number of hydrogen-bond acceptors (Lipinski definition) is 6. The highest BCUT2D eigenvalue weighted by molar-refractivity contribution is 7.99. The Bertz CT molecular complexity index is 1670. The molecule has 2 aromatic heterocycles. The van der Waals surface area contributed by atoms with Crippen LogP contribution < -0.4 is 15.6 Å². The summed E-state index contributed by atoms with van der Waals surface area (Å²) in [6.07, 6.45) is 0. The molecule has 0 unspecified atom stereocenters. The molecule has 0 aliphatic carbocycles. The number of nitrogens with one attached hydrogen (secondary N) is 1. The van der Waals surface area contributed by atoms with Crippen LogP contribution in [0.4, 0.5) is 5.69 Å². The number of amides is 1. The maximum atomic E-state index is 13.5. The van der Waals surface area contributed by atoms with E-state index in [0.717, 1.165) is 22.4 Å². The molecule has 0 bridgehead atoms. The minimum absolute atomic E-state index is 0.139. The third-order valence-electron chi connectivity index (χ3n) is 5.98. The Labute approximate surface area is 211 Å². The Balaban J connectivity index is 1.54. The lowest BCUT2D eigenvalue weighted by atomic mass is 10.1. The first-order chi connectivity index (χ1) is 17.4. The molecule has 3 aromatic carbocycles. The molecule has 0 saturated heterocycles. The van der Waals surface area contributed by atoms with Crippen molar-refractivity contribution in [3.05, 3.63) is 87.7 Å². The number of anilines is 1. The second-order valence-corrected chi connectivity index (χ2v) is 9.53. The van der Waals surface area contributed by atoms with Crippen LogP contribution in [0.2, 0.25) is 0 Å². The van der Waals surface area contributed by atoms with E-state index in [0.29, 0.717) is 33.3 Å².